The standard InChI is InChI=1S/C27H18N3O2S.Pt/c1-17-13-14-28-25(15-17)30-22-7-3-2-6-20(22)21-11-10-19(16-23(21)30)33(32)26-12-9-18-5-4-8-24(31)27(18)29-26;/h2-15,31H,1H3;/q-1;. The van der Waals surface area contributed by atoms with Crippen LogP contribution in [0.15, 0.2) is 95.0 Å². The number of hydrogen-bond donors (Lipinski definition) is 1. The van der Waals surface area contributed by atoms with Crippen LogP contribution in [0.2, 0.25) is 0 Å². The number of aryl methyl sites for hydroxylation is 1. The predicted octanol–water partition coefficient (Wildman–Crippen LogP) is 5.71. The van der Waals surface area contributed by atoms with Crippen molar-refractivity contribution in [3.8, 4) is 11.6 Å². The fourth-order valence-electron chi connectivity index (χ4n) is 4.19. The van der Waals surface area contributed by atoms with E-state index in [1.807, 2.05) is 55.5 Å². The maximum absolute atomic E-state index is 13.5. The summed E-state index contributed by atoms with van der Waals surface area (Å²) in [5.74, 6) is 0.852. The summed E-state index contributed by atoms with van der Waals surface area (Å²) in [6.07, 6.45) is 1.79. The van der Waals surface area contributed by atoms with E-state index in [1.54, 1.807) is 24.4 Å². The van der Waals surface area contributed by atoms with E-state index in [0.29, 0.717) is 15.4 Å². The minimum Gasteiger partial charge on any atom is -0.506 e. The Bertz CT molecular complexity index is 1730. The van der Waals surface area contributed by atoms with Crippen molar-refractivity contribution in [2.24, 2.45) is 0 Å². The SMILES string of the molecule is Cc1ccnc(-n2c3[c-]c(S(=O)c4ccc5cccc(O)c5n4)ccc3c3ccccc32)c1.[Pt]. The van der Waals surface area contributed by atoms with Crippen LogP contribution < -0.4 is 0 Å². The molecule has 0 amide bonds. The smallest absolute Gasteiger partial charge is 0.141 e. The molecule has 7 heteroatoms. The summed E-state index contributed by atoms with van der Waals surface area (Å²) in [6, 6.07) is 28.1. The van der Waals surface area contributed by atoms with Crippen molar-refractivity contribution in [2.45, 2.75) is 16.8 Å². The Kier molecular flexibility index (Phi) is 5.80. The van der Waals surface area contributed by atoms with Gasteiger partial charge in [0.2, 0.25) is 0 Å². The molecule has 0 aliphatic heterocycles. The Balaban J connectivity index is 0.00000241. The number of hydrogen-bond acceptors (Lipinski definition) is 4. The van der Waals surface area contributed by atoms with Crippen molar-refractivity contribution in [3.05, 3.63) is 96.7 Å². The van der Waals surface area contributed by atoms with Crippen LogP contribution in [0.1, 0.15) is 5.56 Å². The molecule has 5 nitrogen and oxygen atoms in total. The molecule has 3 heterocycles. The summed E-state index contributed by atoms with van der Waals surface area (Å²) in [7, 11) is -1.57. The van der Waals surface area contributed by atoms with Crippen LogP contribution in [0.5, 0.6) is 5.75 Å². The van der Waals surface area contributed by atoms with Crippen molar-refractivity contribution in [3.63, 3.8) is 0 Å². The molecule has 0 aliphatic carbocycles. The van der Waals surface area contributed by atoms with Crippen LogP contribution in [-0.4, -0.2) is 23.9 Å². The van der Waals surface area contributed by atoms with Gasteiger partial charge >= 0.3 is 0 Å². The van der Waals surface area contributed by atoms with Gasteiger partial charge in [0, 0.05) is 38.2 Å². The van der Waals surface area contributed by atoms with E-state index in [4.69, 9.17) is 0 Å². The Morgan fingerprint density at radius 3 is 2.65 bits per heavy atom. The van der Waals surface area contributed by atoms with Crippen LogP contribution in [0, 0.1) is 13.0 Å². The number of para-hydroxylation sites is 2. The average Bonchev–Trinajstić information content (AvgIpc) is 3.17. The van der Waals surface area contributed by atoms with E-state index in [-0.39, 0.29) is 26.8 Å². The molecule has 1 atom stereocenters. The predicted molar refractivity (Wildman–Crippen MR) is 130 cm³/mol. The normalized spacial score (nSPS) is 12.1. The molecule has 170 valence electrons. The third kappa shape index (κ3) is 3.64. The van der Waals surface area contributed by atoms with Gasteiger partial charge in [-0.05, 0) is 54.3 Å². The minimum absolute atomic E-state index is 0. The summed E-state index contributed by atoms with van der Waals surface area (Å²) < 4.78 is 15.5. The van der Waals surface area contributed by atoms with Gasteiger partial charge < -0.3 is 9.67 Å². The van der Waals surface area contributed by atoms with Crippen molar-refractivity contribution in [2.75, 3.05) is 0 Å². The second-order valence-corrected chi connectivity index (χ2v) is 9.29. The van der Waals surface area contributed by atoms with Crippen molar-refractivity contribution < 1.29 is 30.4 Å². The zero-order valence-corrected chi connectivity index (χ0v) is 21.1. The van der Waals surface area contributed by atoms with E-state index >= 15 is 0 Å². The van der Waals surface area contributed by atoms with Gasteiger partial charge in [-0.1, -0.05) is 40.7 Å². The zero-order chi connectivity index (χ0) is 22.5. The number of phenols is 1. The Hall–Kier alpha value is -3.34. The monoisotopic (exact) mass is 643 g/mol. The van der Waals surface area contributed by atoms with Crippen LogP contribution in [0.4, 0.5) is 0 Å². The maximum atomic E-state index is 13.5. The second-order valence-electron chi connectivity index (χ2n) is 7.90. The van der Waals surface area contributed by atoms with Gasteiger partial charge in [-0.25, -0.2) is 14.2 Å². The third-order valence-corrected chi connectivity index (χ3v) is 6.99. The number of fused-ring (bicyclic) bond motifs is 4. The summed E-state index contributed by atoms with van der Waals surface area (Å²) >= 11 is 0. The zero-order valence-electron chi connectivity index (χ0n) is 18.0. The quantitative estimate of drug-likeness (QED) is 0.251. The first-order valence-electron chi connectivity index (χ1n) is 10.5. The van der Waals surface area contributed by atoms with E-state index in [9.17, 15) is 9.32 Å². The fourth-order valence-corrected chi connectivity index (χ4v) is 5.16. The Morgan fingerprint density at radius 1 is 0.941 bits per heavy atom. The molecular formula is C27H18N3O2PtS-. The first-order valence-corrected chi connectivity index (χ1v) is 11.6. The van der Waals surface area contributed by atoms with Gasteiger partial charge in [-0.15, -0.1) is 11.5 Å². The third-order valence-electron chi connectivity index (χ3n) is 5.75. The molecular weight excluding hydrogens is 625 g/mol. The van der Waals surface area contributed by atoms with Gasteiger partial charge in [0.25, 0.3) is 0 Å². The molecule has 6 rings (SSSR count). The number of nitrogens with zero attached hydrogens (tertiary/aromatic N) is 3. The molecule has 0 saturated carbocycles. The molecule has 0 fully saturated rings. The van der Waals surface area contributed by atoms with E-state index in [0.717, 1.165) is 38.6 Å². The first kappa shape index (κ1) is 22.5. The van der Waals surface area contributed by atoms with Gasteiger partial charge in [0.1, 0.15) is 22.1 Å². The summed E-state index contributed by atoms with van der Waals surface area (Å²) in [4.78, 5) is 9.58. The molecule has 0 bridgehead atoms. The fraction of sp³-hybridized carbons (Fsp3) is 0.0370. The van der Waals surface area contributed by atoms with Crippen molar-refractivity contribution >= 4 is 43.5 Å². The van der Waals surface area contributed by atoms with Gasteiger partial charge in [-0.2, -0.15) is 12.1 Å². The van der Waals surface area contributed by atoms with Crippen LogP contribution in [0.25, 0.3) is 38.5 Å². The largest absolute Gasteiger partial charge is 0.506 e. The molecule has 34 heavy (non-hydrogen) atoms. The molecule has 0 spiro atoms. The van der Waals surface area contributed by atoms with E-state index < -0.39 is 10.8 Å². The van der Waals surface area contributed by atoms with E-state index in [2.05, 4.69) is 32.7 Å². The first-order chi connectivity index (χ1) is 16.1. The molecule has 6 aromatic rings. The molecule has 0 radical (unpaired) electrons. The summed E-state index contributed by atoms with van der Waals surface area (Å²) in [5, 5.41) is 13.4. The van der Waals surface area contributed by atoms with Crippen molar-refractivity contribution in [1.29, 1.82) is 0 Å². The topological polar surface area (TPSA) is 68.0 Å². The number of aromatic hydroxyl groups is 1. The summed E-state index contributed by atoms with van der Waals surface area (Å²) in [6.45, 7) is 2.03. The minimum atomic E-state index is -1.57. The van der Waals surface area contributed by atoms with E-state index in [1.165, 1.54) is 0 Å². The number of aromatic nitrogens is 3. The van der Waals surface area contributed by atoms with Gasteiger partial charge in [0.05, 0.1) is 10.8 Å². The number of benzene rings is 3. The average molecular weight is 644 g/mol. The Morgan fingerprint density at radius 2 is 1.79 bits per heavy atom. The van der Waals surface area contributed by atoms with Crippen LogP contribution in [0.3, 0.4) is 0 Å². The van der Waals surface area contributed by atoms with Gasteiger partial charge in [-0.3, -0.25) is 0 Å². The summed E-state index contributed by atoms with van der Waals surface area (Å²) in [5.41, 5.74) is 3.36. The molecule has 0 saturated heterocycles. The van der Waals surface area contributed by atoms with Crippen molar-refractivity contribution in [1.82, 2.24) is 14.5 Å². The molecule has 0 aliphatic rings. The van der Waals surface area contributed by atoms with Crippen LogP contribution >= 0.6 is 0 Å². The Labute approximate surface area is 212 Å². The van der Waals surface area contributed by atoms with Gasteiger partial charge in [0.15, 0.2) is 0 Å². The number of rotatable bonds is 3. The molecule has 3 aromatic carbocycles. The molecule has 1 unspecified atom stereocenters. The number of pyridine rings is 2. The van der Waals surface area contributed by atoms with Crippen LogP contribution in [-0.2, 0) is 31.9 Å². The molecule has 1 N–H and O–H groups in total. The maximum Gasteiger partial charge on any atom is 0.141 e. The second kappa shape index (κ2) is 8.78. The molecule has 3 aromatic heterocycles. The number of phenolic OH excluding ortho intramolecular Hbond substituents is 1.